The van der Waals surface area contributed by atoms with E-state index in [0.717, 1.165) is 27.6 Å². The van der Waals surface area contributed by atoms with Crippen molar-refractivity contribution in [1.29, 1.82) is 0 Å². The molecule has 0 saturated carbocycles. The van der Waals surface area contributed by atoms with E-state index in [1.54, 1.807) is 48.5 Å². The zero-order chi connectivity index (χ0) is 24.9. The highest BCUT2D eigenvalue weighted by molar-refractivity contribution is 6.10. The zero-order valence-corrected chi connectivity index (χ0v) is 19.6. The predicted molar refractivity (Wildman–Crippen MR) is 141 cm³/mol. The molecule has 5 aromatic rings. The number of carbonyl (C=O) groups excluding carboxylic acids is 2. The van der Waals surface area contributed by atoms with Crippen LogP contribution >= 0.6 is 0 Å². The van der Waals surface area contributed by atoms with Gasteiger partial charge in [-0.3, -0.25) is 4.79 Å². The number of fused-ring (bicyclic) bond motifs is 1. The Kier molecular flexibility index (Phi) is 6.40. The van der Waals surface area contributed by atoms with Crippen molar-refractivity contribution in [3.05, 3.63) is 126 Å². The molecule has 1 amide bonds. The van der Waals surface area contributed by atoms with Crippen LogP contribution in [0.25, 0.3) is 22.0 Å². The molecule has 0 atom stereocenters. The van der Waals surface area contributed by atoms with Gasteiger partial charge in [0.15, 0.2) is 0 Å². The van der Waals surface area contributed by atoms with E-state index in [9.17, 15) is 9.59 Å². The Labute approximate surface area is 208 Å². The highest BCUT2D eigenvalue weighted by Gasteiger charge is 2.19. The fourth-order valence-corrected chi connectivity index (χ4v) is 4.07. The Morgan fingerprint density at radius 2 is 1.53 bits per heavy atom. The van der Waals surface area contributed by atoms with Crippen molar-refractivity contribution in [3.8, 4) is 16.9 Å². The number of aromatic amines is 1. The molecule has 0 spiro atoms. The molecule has 2 N–H and O–H groups in total. The summed E-state index contributed by atoms with van der Waals surface area (Å²) in [5, 5.41) is 5.12. The number of carbonyl (C=O) groups is 2. The maximum atomic E-state index is 13.2. The number of H-pyrrole nitrogens is 1. The van der Waals surface area contributed by atoms with Crippen molar-refractivity contribution in [2.45, 2.75) is 6.92 Å². The van der Waals surface area contributed by atoms with Gasteiger partial charge in [-0.1, -0.05) is 78.9 Å². The minimum Gasteiger partial charge on any atom is -0.422 e. The highest BCUT2D eigenvalue weighted by atomic mass is 16.5. The second kappa shape index (κ2) is 10.1. The summed E-state index contributed by atoms with van der Waals surface area (Å²) in [4.78, 5) is 29.0. The number of ether oxygens (including phenoxy) is 1. The third-order valence-electron chi connectivity index (χ3n) is 5.83. The number of nitrogens with one attached hydrogen (secondary N) is 2. The molecular weight excluding hydrogens is 450 g/mol. The second-order valence-corrected chi connectivity index (χ2v) is 8.23. The van der Waals surface area contributed by atoms with Gasteiger partial charge in [0.2, 0.25) is 0 Å². The van der Waals surface area contributed by atoms with Crippen LogP contribution in [0.3, 0.4) is 0 Å². The summed E-state index contributed by atoms with van der Waals surface area (Å²) in [6.45, 7) is 2.00. The third kappa shape index (κ3) is 4.65. The Bertz CT molecular complexity index is 1570. The molecule has 0 saturated heterocycles. The van der Waals surface area contributed by atoms with Crippen LogP contribution in [0.5, 0.6) is 5.75 Å². The molecule has 0 aliphatic carbocycles. The van der Waals surface area contributed by atoms with Crippen LogP contribution in [0.4, 0.5) is 0 Å². The van der Waals surface area contributed by atoms with Gasteiger partial charge in [0, 0.05) is 22.0 Å². The number of para-hydroxylation sites is 2. The van der Waals surface area contributed by atoms with Gasteiger partial charge in [0.1, 0.15) is 11.4 Å². The van der Waals surface area contributed by atoms with E-state index in [2.05, 4.69) is 15.5 Å². The van der Waals surface area contributed by atoms with E-state index >= 15 is 0 Å². The smallest absolute Gasteiger partial charge is 0.343 e. The number of esters is 1. The fraction of sp³-hybridized carbons (Fsp3) is 0.0333. The summed E-state index contributed by atoms with van der Waals surface area (Å²) in [5.41, 5.74) is 7.73. The van der Waals surface area contributed by atoms with E-state index in [4.69, 9.17) is 4.74 Å². The maximum absolute atomic E-state index is 13.2. The number of amides is 1. The number of aromatic nitrogens is 1. The molecular formula is C30H23N3O3. The van der Waals surface area contributed by atoms with Gasteiger partial charge in [-0.25, -0.2) is 10.2 Å². The summed E-state index contributed by atoms with van der Waals surface area (Å²) < 4.78 is 5.55. The molecule has 0 bridgehead atoms. The second-order valence-electron chi connectivity index (χ2n) is 8.23. The molecule has 0 aliphatic heterocycles. The first-order valence-corrected chi connectivity index (χ1v) is 11.5. The Balaban J connectivity index is 1.40. The average Bonchev–Trinajstić information content (AvgIpc) is 3.32. The fourth-order valence-electron chi connectivity index (χ4n) is 4.07. The molecule has 0 unspecified atom stereocenters. The lowest BCUT2D eigenvalue weighted by atomic mass is 10.0. The lowest BCUT2D eigenvalue weighted by molar-refractivity contribution is 0.0734. The molecule has 5 rings (SSSR count). The minimum absolute atomic E-state index is 0.343. The minimum atomic E-state index is -0.471. The van der Waals surface area contributed by atoms with E-state index in [1.807, 2.05) is 61.5 Å². The van der Waals surface area contributed by atoms with Crippen LogP contribution in [0, 0.1) is 6.92 Å². The number of nitrogens with zero attached hydrogens (tertiary/aromatic N) is 1. The summed E-state index contributed by atoms with van der Waals surface area (Å²) >= 11 is 0. The van der Waals surface area contributed by atoms with Gasteiger partial charge in [-0.05, 0) is 42.3 Å². The van der Waals surface area contributed by atoms with Gasteiger partial charge < -0.3 is 9.72 Å². The first kappa shape index (κ1) is 22.8. The van der Waals surface area contributed by atoms with E-state index in [1.165, 1.54) is 6.21 Å². The maximum Gasteiger partial charge on any atom is 0.343 e. The number of hydrogen-bond donors (Lipinski definition) is 2. The SMILES string of the molecule is Cc1cccc2c(-c3ccccc3)c(C(=O)NN=Cc3ccccc3OC(=O)c3ccccc3)[nH]c12. The number of aryl methyl sites for hydroxylation is 1. The number of rotatable bonds is 6. The topological polar surface area (TPSA) is 83.5 Å². The molecule has 0 fully saturated rings. The van der Waals surface area contributed by atoms with Crippen molar-refractivity contribution in [1.82, 2.24) is 10.4 Å². The summed E-state index contributed by atoms with van der Waals surface area (Å²) in [7, 11) is 0. The van der Waals surface area contributed by atoms with Crippen LogP contribution in [-0.4, -0.2) is 23.1 Å². The van der Waals surface area contributed by atoms with E-state index in [0.29, 0.717) is 22.6 Å². The Morgan fingerprint density at radius 3 is 2.31 bits per heavy atom. The summed E-state index contributed by atoms with van der Waals surface area (Å²) in [6, 6.07) is 31.5. The van der Waals surface area contributed by atoms with Crippen LogP contribution in [0.2, 0.25) is 0 Å². The Morgan fingerprint density at radius 1 is 0.833 bits per heavy atom. The Hall–Kier alpha value is -4.97. The lowest BCUT2D eigenvalue weighted by Gasteiger charge is -2.07. The average molecular weight is 474 g/mol. The first-order chi connectivity index (χ1) is 17.6. The summed E-state index contributed by atoms with van der Waals surface area (Å²) in [6.07, 6.45) is 1.46. The quantitative estimate of drug-likeness (QED) is 0.135. The molecule has 36 heavy (non-hydrogen) atoms. The largest absolute Gasteiger partial charge is 0.422 e. The van der Waals surface area contributed by atoms with Crippen LogP contribution in [0.15, 0.2) is 108 Å². The van der Waals surface area contributed by atoms with Gasteiger partial charge in [-0.15, -0.1) is 0 Å². The van der Waals surface area contributed by atoms with Gasteiger partial charge in [-0.2, -0.15) is 5.10 Å². The van der Waals surface area contributed by atoms with Crippen LogP contribution in [-0.2, 0) is 0 Å². The zero-order valence-electron chi connectivity index (χ0n) is 19.6. The van der Waals surface area contributed by atoms with E-state index in [-0.39, 0.29) is 5.91 Å². The standard InChI is InChI=1S/C30H23N3O3/c1-20-11-10-17-24-26(21-12-4-2-5-13-21)28(32-27(20)24)29(34)33-31-19-23-16-8-9-18-25(23)36-30(35)22-14-6-3-7-15-22/h2-19,32H,1H3,(H,33,34). The molecule has 176 valence electrons. The molecule has 6 nitrogen and oxygen atoms in total. The van der Waals surface area contributed by atoms with Crippen molar-refractivity contribution < 1.29 is 14.3 Å². The third-order valence-corrected chi connectivity index (χ3v) is 5.83. The lowest BCUT2D eigenvalue weighted by Crippen LogP contribution is -2.19. The molecule has 0 radical (unpaired) electrons. The highest BCUT2D eigenvalue weighted by Crippen LogP contribution is 2.33. The molecule has 0 aliphatic rings. The monoisotopic (exact) mass is 473 g/mol. The van der Waals surface area contributed by atoms with E-state index < -0.39 is 5.97 Å². The number of benzene rings is 4. The molecule has 4 aromatic carbocycles. The number of hydrazone groups is 1. The van der Waals surface area contributed by atoms with Crippen molar-refractivity contribution in [2.75, 3.05) is 0 Å². The first-order valence-electron chi connectivity index (χ1n) is 11.5. The van der Waals surface area contributed by atoms with Crippen molar-refractivity contribution in [2.24, 2.45) is 5.10 Å². The molecule has 6 heteroatoms. The van der Waals surface area contributed by atoms with Crippen LogP contribution in [0.1, 0.15) is 32.0 Å². The van der Waals surface area contributed by atoms with Crippen LogP contribution < -0.4 is 10.2 Å². The molecule has 1 aromatic heterocycles. The normalized spacial score (nSPS) is 11.0. The van der Waals surface area contributed by atoms with Crippen molar-refractivity contribution in [3.63, 3.8) is 0 Å². The number of hydrogen-bond acceptors (Lipinski definition) is 4. The van der Waals surface area contributed by atoms with Gasteiger partial charge in [0.05, 0.1) is 11.8 Å². The summed E-state index contributed by atoms with van der Waals surface area (Å²) in [5.74, 6) is -0.503. The predicted octanol–water partition coefficient (Wildman–Crippen LogP) is 6.13. The van der Waals surface area contributed by atoms with Gasteiger partial charge in [0.25, 0.3) is 5.91 Å². The molecule has 1 heterocycles. The van der Waals surface area contributed by atoms with Crippen molar-refractivity contribution >= 4 is 29.0 Å². The van der Waals surface area contributed by atoms with Gasteiger partial charge >= 0.3 is 5.97 Å².